The highest BCUT2D eigenvalue weighted by Gasteiger charge is 2.42. The third-order valence-corrected chi connectivity index (χ3v) is 5.79. The summed E-state index contributed by atoms with van der Waals surface area (Å²) in [6.45, 7) is 1.85. The fourth-order valence-corrected chi connectivity index (χ4v) is 4.28. The number of aliphatic hydroxyl groups excluding tert-OH is 1. The zero-order chi connectivity index (χ0) is 17.2. The molecule has 1 saturated heterocycles. The van der Waals surface area contributed by atoms with E-state index in [2.05, 4.69) is 30.2 Å². The van der Waals surface area contributed by atoms with Crippen LogP contribution in [-0.2, 0) is 0 Å². The molecule has 1 aliphatic heterocycles. The highest BCUT2D eigenvalue weighted by Crippen LogP contribution is 2.38. The van der Waals surface area contributed by atoms with Crippen molar-refractivity contribution >= 4 is 23.5 Å². The summed E-state index contributed by atoms with van der Waals surface area (Å²) in [6, 6.07) is 1.94. The Morgan fingerprint density at radius 2 is 2.00 bits per heavy atom. The maximum Gasteiger partial charge on any atom is 0.226 e. The second-order valence-electron chi connectivity index (χ2n) is 6.70. The van der Waals surface area contributed by atoms with Gasteiger partial charge in [0.25, 0.3) is 0 Å². The van der Waals surface area contributed by atoms with Crippen LogP contribution in [0.3, 0.4) is 0 Å². The van der Waals surface area contributed by atoms with E-state index in [0.717, 1.165) is 42.7 Å². The Balaban J connectivity index is 1.44. The van der Waals surface area contributed by atoms with Crippen molar-refractivity contribution in [3.8, 4) is 0 Å². The summed E-state index contributed by atoms with van der Waals surface area (Å²) in [4.78, 5) is 19.6. The van der Waals surface area contributed by atoms with Gasteiger partial charge in [-0.15, -0.1) is 11.8 Å². The van der Waals surface area contributed by atoms with E-state index in [-0.39, 0.29) is 12.1 Å². The number of anilines is 2. The quantitative estimate of drug-likeness (QED) is 0.630. The second-order valence-corrected chi connectivity index (χ2v) is 7.53. The fraction of sp³-hybridized carbons (Fsp3) is 0.529. The van der Waals surface area contributed by atoms with Crippen molar-refractivity contribution < 1.29 is 5.11 Å². The molecule has 2 aromatic heterocycles. The Morgan fingerprint density at radius 3 is 2.76 bits per heavy atom. The van der Waals surface area contributed by atoms with E-state index < -0.39 is 0 Å². The van der Waals surface area contributed by atoms with Gasteiger partial charge in [0.2, 0.25) is 5.95 Å². The van der Waals surface area contributed by atoms with Gasteiger partial charge in [0.1, 0.15) is 10.8 Å². The van der Waals surface area contributed by atoms with E-state index in [1.165, 1.54) is 0 Å². The lowest BCUT2D eigenvalue weighted by molar-refractivity contribution is 0.0737. The van der Waals surface area contributed by atoms with Crippen molar-refractivity contribution in [2.45, 2.75) is 30.0 Å². The monoisotopic (exact) mass is 358 g/mol. The van der Waals surface area contributed by atoms with E-state index in [1.807, 2.05) is 18.5 Å². The lowest BCUT2D eigenvalue weighted by Gasteiger charge is -2.35. The molecule has 0 unspecified atom stereocenters. The summed E-state index contributed by atoms with van der Waals surface area (Å²) in [7, 11) is 0. The molecule has 0 amide bonds. The minimum atomic E-state index is -0.373. The van der Waals surface area contributed by atoms with Crippen molar-refractivity contribution in [1.29, 1.82) is 0 Å². The molecular formula is C17H22N6OS. The van der Waals surface area contributed by atoms with Crippen molar-refractivity contribution in [1.82, 2.24) is 19.9 Å². The van der Waals surface area contributed by atoms with Crippen LogP contribution in [0.15, 0.2) is 35.9 Å². The average molecular weight is 358 g/mol. The molecule has 0 bridgehead atoms. The highest BCUT2D eigenvalue weighted by atomic mass is 32.2. The molecule has 2 aliphatic rings. The number of aromatic nitrogens is 4. The number of rotatable bonds is 4. The maximum absolute atomic E-state index is 10.6. The lowest BCUT2D eigenvalue weighted by atomic mass is 9.77. The van der Waals surface area contributed by atoms with E-state index in [0.29, 0.717) is 11.8 Å². The zero-order valence-electron chi connectivity index (χ0n) is 14.1. The minimum Gasteiger partial charge on any atom is -0.391 e. The van der Waals surface area contributed by atoms with Gasteiger partial charge in [-0.05, 0) is 37.0 Å². The van der Waals surface area contributed by atoms with Crippen LogP contribution in [0.5, 0.6) is 0 Å². The first-order valence-electron chi connectivity index (χ1n) is 8.55. The first-order chi connectivity index (χ1) is 12.2. The first-order valence-corrected chi connectivity index (χ1v) is 9.78. The maximum atomic E-state index is 10.6. The molecule has 7 nitrogen and oxygen atoms in total. The summed E-state index contributed by atoms with van der Waals surface area (Å²) < 4.78 is 0. The van der Waals surface area contributed by atoms with Crippen LogP contribution in [0.25, 0.3) is 0 Å². The van der Waals surface area contributed by atoms with Crippen LogP contribution in [0.1, 0.15) is 12.8 Å². The molecular weight excluding hydrogens is 336 g/mol. The van der Waals surface area contributed by atoms with E-state index >= 15 is 0 Å². The lowest BCUT2D eigenvalue weighted by Crippen LogP contribution is -2.43. The van der Waals surface area contributed by atoms with Crippen LogP contribution in [0.2, 0.25) is 0 Å². The summed E-state index contributed by atoms with van der Waals surface area (Å²) in [5.74, 6) is 2.53. The predicted molar refractivity (Wildman–Crippen MR) is 97.7 cm³/mol. The zero-order valence-corrected chi connectivity index (χ0v) is 14.9. The van der Waals surface area contributed by atoms with Gasteiger partial charge in [-0.1, -0.05) is 0 Å². The van der Waals surface area contributed by atoms with Crippen LogP contribution < -0.4 is 10.2 Å². The second kappa shape index (κ2) is 7.13. The molecule has 1 saturated carbocycles. The molecule has 2 aromatic rings. The number of aliphatic hydroxyl groups is 1. The van der Waals surface area contributed by atoms with Gasteiger partial charge in [0, 0.05) is 31.7 Å². The van der Waals surface area contributed by atoms with Gasteiger partial charge in [-0.3, -0.25) is 4.98 Å². The Bertz CT molecular complexity index is 717. The number of nitrogens with zero attached hydrogens (tertiary/aromatic N) is 5. The Hall–Kier alpha value is -1.93. The van der Waals surface area contributed by atoms with Gasteiger partial charge in [0.05, 0.1) is 18.3 Å². The van der Waals surface area contributed by atoms with Crippen LogP contribution in [0.4, 0.5) is 11.8 Å². The highest BCUT2D eigenvalue weighted by molar-refractivity contribution is 7.98. The average Bonchev–Trinajstić information content (AvgIpc) is 3.06. The molecule has 4 atom stereocenters. The summed E-state index contributed by atoms with van der Waals surface area (Å²) in [5.41, 5.74) is 0. The Morgan fingerprint density at radius 1 is 1.16 bits per heavy atom. The van der Waals surface area contributed by atoms with E-state index in [4.69, 9.17) is 0 Å². The molecule has 2 N–H and O–H groups in total. The predicted octanol–water partition coefficient (Wildman–Crippen LogP) is 1.68. The van der Waals surface area contributed by atoms with Gasteiger partial charge in [0.15, 0.2) is 0 Å². The molecule has 25 heavy (non-hydrogen) atoms. The summed E-state index contributed by atoms with van der Waals surface area (Å²) in [6.07, 6.45) is 10.2. The molecule has 0 aromatic carbocycles. The summed E-state index contributed by atoms with van der Waals surface area (Å²) >= 11 is 1.63. The molecule has 2 fully saturated rings. The molecule has 0 spiro atoms. The largest absolute Gasteiger partial charge is 0.391 e. The Kier molecular flexibility index (Phi) is 4.72. The normalized spacial score (nSPS) is 28.6. The Labute approximate surface area is 151 Å². The van der Waals surface area contributed by atoms with Crippen molar-refractivity contribution in [2.75, 3.05) is 29.6 Å². The molecule has 132 valence electrons. The molecule has 3 heterocycles. The SMILES string of the molecule is CSc1ccnc(N2C[C@H]3C[C@@H](Nc4cnccn4)[C@H](O)C[C@H]3C2)n1. The van der Waals surface area contributed by atoms with Crippen LogP contribution >= 0.6 is 11.8 Å². The van der Waals surface area contributed by atoms with E-state index in [9.17, 15) is 5.11 Å². The van der Waals surface area contributed by atoms with Gasteiger partial charge >= 0.3 is 0 Å². The number of hydrogen-bond acceptors (Lipinski definition) is 8. The van der Waals surface area contributed by atoms with Crippen molar-refractivity contribution in [3.63, 3.8) is 0 Å². The standard InChI is InChI=1S/C17H22N6OS/c1-25-16-2-3-20-17(22-16)23-9-11-6-13(14(24)7-12(11)10-23)21-15-8-18-4-5-19-15/h2-5,8,11-14,24H,6-7,9-10H2,1H3,(H,19,21)/t11-,12+,13-,14-/m1/s1. The minimum absolute atomic E-state index is 0.0105. The topological polar surface area (TPSA) is 87.1 Å². The third-order valence-electron chi connectivity index (χ3n) is 5.15. The fourth-order valence-electron chi connectivity index (χ4n) is 3.91. The first kappa shape index (κ1) is 16.5. The molecule has 0 radical (unpaired) electrons. The van der Waals surface area contributed by atoms with E-state index in [1.54, 1.807) is 30.4 Å². The summed E-state index contributed by atoms with van der Waals surface area (Å²) in [5, 5.41) is 14.9. The van der Waals surface area contributed by atoms with Crippen molar-refractivity contribution in [2.24, 2.45) is 11.8 Å². The number of hydrogen-bond donors (Lipinski definition) is 2. The van der Waals surface area contributed by atoms with Gasteiger partial charge in [-0.25, -0.2) is 15.0 Å². The van der Waals surface area contributed by atoms with Gasteiger partial charge in [-0.2, -0.15) is 0 Å². The molecule has 4 rings (SSSR count). The molecule has 1 aliphatic carbocycles. The van der Waals surface area contributed by atoms with Gasteiger partial charge < -0.3 is 15.3 Å². The van der Waals surface area contributed by atoms with Crippen LogP contribution in [0, 0.1) is 11.8 Å². The number of nitrogens with one attached hydrogen (secondary N) is 1. The molecule has 8 heteroatoms. The third kappa shape index (κ3) is 3.55. The van der Waals surface area contributed by atoms with Crippen molar-refractivity contribution in [3.05, 3.63) is 30.9 Å². The number of fused-ring (bicyclic) bond motifs is 1. The number of thioether (sulfide) groups is 1. The van der Waals surface area contributed by atoms with Crippen LogP contribution in [-0.4, -0.2) is 56.5 Å². The smallest absolute Gasteiger partial charge is 0.226 e.